The number of thioether (sulfide) groups is 1. The van der Waals surface area contributed by atoms with Gasteiger partial charge in [-0.1, -0.05) is 19.8 Å². The van der Waals surface area contributed by atoms with E-state index in [1.54, 1.807) is 0 Å². The predicted molar refractivity (Wildman–Crippen MR) is 71.7 cm³/mol. The van der Waals surface area contributed by atoms with E-state index in [9.17, 15) is 0 Å². The van der Waals surface area contributed by atoms with E-state index >= 15 is 0 Å². The van der Waals surface area contributed by atoms with Crippen molar-refractivity contribution in [3.05, 3.63) is 0 Å². The van der Waals surface area contributed by atoms with E-state index in [1.165, 1.54) is 57.2 Å². The average Bonchev–Trinajstić information content (AvgIpc) is 2.71. The van der Waals surface area contributed by atoms with Crippen molar-refractivity contribution in [3.63, 3.8) is 0 Å². The van der Waals surface area contributed by atoms with E-state index in [0.717, 1.165) is 12.0 Å². The Bertz CT molecular complexity index is 149. The second kappa shape index (κ2) is 8.46. The van der Waals surface area contributed by atoms with Crippen molar-refractivity contribution in [1.82, 2.24) is 5.32 Å². The molecule has 2 atom stereocenters. The molecule has 0 aliphatic heterocycles. The SMILES string of the molecule is CCC1CCC(NCCCCCSC)C1. The van der Waals surface area contributed by atoms with Gasteiger partial charge in [0.1, 0.15) is 0 Å². The lowest BCUT2D eigenvalue weighted by molar-refractivity contribution is 0.470. The van der Waals surface area contributed by atoms with Crippen LogP contribution in [0, 0.1) is 5.92 Å². The van der Waals surface area contributed by atoms with Crippen LogP contribution in [0.25, 0.3) is 0 Å². The Kier molecular flexibility index (Phi) is 7.54. The molecular weight excluding hydrogens is 202 g/mol. The lowest BCUT2D eigenvalue weighted by Crippen LogP contribution is -2.27. The quantitative estimate of drug-likeness (QED) is 0.637. The minimum Gasteiger partial charge on any atom is -0.314 e. The van der Waals surface area contributed by atoms with Crippen molar-refractivity contribution in [2.75, 3.05) is 18.6 Å². The van der Waals surface area contributed by atoms with Gasteiger partial charge < -0.3 is 5.32 Å². The Labute approximate surface area is 99.8 Å². The predicted octanol–water partition coefficient (Wildman–Crippen LogP) is 3.69. The first-order valence-electron chi connectivity index (χ1n) is 6.59. The average molecular weight is 229 g/mol. The molecule has 0 amide bonds. The van der Waals surface area contributed by atoms with E-state index in [4.69, 9.17) is 0 Å². The summed E-state index contributed by atoms with van der Waals surface area (Å²) in [6.07, 6.45) is 12.1. The second-order valence-corrected chi connectivity index (χ2v) is 5.78. The molecule has 1 nitrogen and oxygen atoms in total. The maximum Gasteiger partial charge on any atom is 0.00698 e. The first-order chi connectivity index (χ1) is 7.36. The van der Waals surface area contributed by atoms with Crippen LogP contribution in [-0.2, 0) is 0 Å². The van der Waals surface area contributed by atoms with Crippen LogP contribution < -0.4 is 5.32 Å². The van der Waals surface area contributed by atoms with Gasteiger partial charge in [-0.15, -0.1) is 0 Å². The molecule has 0 bridgehead atoms. The molecule has 0 saturated heterocycles. The molecule has 1 aliphatic carbocycles. The fraction of sp³-hybridized carbons (Fsp3) is 1.00. The highest BCUT2D eigenvalue weighted by atomic mass is 32.2. The Morgan fingerprint density at radius 1 is 1.20 bits per heavy atom. The first kappa shape index (κ1) is 13.4. The van der Waals surface area contributed by atoms with Crippen molar-refractivity contribution in [2.24, 2.45) is 5.92 Å². The first-order valence-corrected chi connectivity index (χ1v) is 7.98. The van der Waals surface area contributed by atoms with Gasteiger partial charge in [-0.2, -0.15) is 11.8 Å². The Hall–Kier alpha value is 0.310. The molecule has 0 aromatic carbocycles. The van der Waals surface area contributed by atoms with Gasteiger partial charge in [-0.25, -0.2) is 0 Å². The topological polar surface area (TPSA) is 12.0 Å². The molecule has 1 N–H and O–H groups in total. The van der Waals surface area contributed by atoms with E-state index in [1.807, 2.05) is 11.8 Å². The standard InChI is InChI=1S/C13H27NS/c1-3-12-7-8-13(11-12)14-9-5-4-6-10-15-2/h12-14H,3-11H2,1-2H3. The fourth-order valence-electron chi connectivity index (χ4n) is 2.49. The fourth-order valence-corrected chi connectivity index (χ4v) is 2.98. The zero-order valence-corrected chi connectivity index (χ0v) is 11.2. The summed E-state index contributed by atoms with van der Waals surface area (Å²) in [7, 11) is 0. The van der Waals surface area contributed by atoms with Crippen LogP contribution in [-0.4, -0.2) is 24.6 Å². The maximum absolute atomic E-state index is 3.72. The lowest BCUT2D eigenvalue weighted by Gasteiger charge is -2.12. The zero-order chi connectivity index (χ0) is 10.9. The molecule has 90 valence electrons. The van der Waals surface area contributed by atoms with Crippen LogP contribution in [0.3, 0.4) is 0 Å². The molecule has 15 heavy (non-hydrogen) atoms. The Balaban J connectivity index is 1.88. The zero-order valence-electron chi connectivity index (χ0n) is 10.4. The second-order valence-electron chi connectivity index (χ2n) is 4.79. The highest BCUT2D eigenvalue weighted by molar-refractivity contribution is 7.98. The van der Waals surface area contributed by atoms with Gasteiger partial charge in [-0.3, -0.25) is 0 Å². The van der Waals surface area contributed by atoms with Crippen LogP contribution in [0.2, 0.25) is 0 Å². The van der Waals surface area contributed by atoms with E-state index in [0.29, 0.717) is 0 Å². The smallest absolute Gasteiger partial charge is 0.00698 e. The van der Waals surface area contributed by atoms with Gasteiger partial charge in [0.15, 0.2) is 0 Å². The highest BCUT2D eigenvalue weighted by Gasteiger charge is 2.22. The number of nitrogens with one attached hydrogen (secondary N) is 1. The van der Waals surface area contributed by atoms with Gasteiger partial charge in [0.25, 0.3) is 0 Å². The molecule has 0 radical (unpaired) electrons. The molecule has 2 heteroatoms. The summed E-state index contributed by atoms with van der Waals surface area (Å²) in [6, 6.07) is 0.843. The van der Waals surface area contributed by atoms with Crippen LogP contribution in [0.1, 0.15) is 51.9 Å². The van der Waals surface area contributed by atoms with Crippen molar-refractivity contribution in [3.8, 4) is 0 Å². The van der Waals surface area contributed by atoms with Crippen LogP contribution >= 0.6 is 11.8 Å². The molecule has 1 saturated carbocycles. The molecule has 0 spiro atoms. The van der Waals surface area contributed by atoms with E-state index in [2.05, 4.69) is 18.5 Å². The van der Waals surface area contributed by atoms with Gasteiger partial charge in [0, 0.05) is 6.04 Å². The molecule has 0 heterocycles. The number of hydrogen-bond acceptors (Lipinski definition) is 2. The molecular formula is C13H27NS. The summed E-state index contributed by atoms with van der Waals surface area (Å²) in [5.41, 5.74) is 0. The minimum atomic E-state index is 0.843. The summed E-state index contributed by atoms with van der Waals surface area (Å²) in [5.74, 6) is 2.35. The van der Waals surface area contributed by atoms with E-state index < -0.39 is 0 Å². The third-order valence-electron chi connectivity index (χ3n) is 3.58. The number of hydrogen-bond donors (Lipinski definition) is 1. The number of rotatable bonds is 8. The normalized spacial score (nSPS) is 26.0. The lowest BCUT2D eigenvalue weighted by atomic mass is 10.1. The third kappa shape index (κ3) is 5.82. The highest BCUT2D eigenvalue weighted by Crippen LogP contribution is 2.27. The van der Waals surface area contributed by atoms with Gasteiger partial charge in [0.05, 0.1) is 0 Å². The monoisotopic (exact) mass is 229 g/mol. The summed E-state index contributed by atoms with van der Waals surface area (Å²) in [4.78, 5) is 0. The molecule has 1 fully saturated rings. The molecule has 0 aromatic heterocycles. The summed E-state index contributed by atoms with van der Waals surface area (Å²) < 4.78 is 0. The Morgan fingerprint density at radius 2 is 2.07 bits per heavy atom. The summed E-state index contributed by atoms with van der Waals surface area (Å²) >= 11 is 1.97. The van der Waals surface area contributed by atoms with Crippen LogP contribution in [0.15, 0.2) is 0 Å². The van der Waals surface area contributed by atoms with Crippen molar-refractivity contribution in [2.45, 2.75) is 57.9 Å². The van der Waals surface area contributed by atoms with Crippen LogP contribution in [0.4, 0.5) is 0 Å². The number of unbranched alkanes of at least 4 members (excludes halogenated alkanes) is 2. The molecule has 1 rings (SSSR count). The van der Waals surface area contributed by atoms with Crippen LogP contribution in [0.5, 0.6) is 0 Å². The van der Waals surface area contributed by atoms with Gasteiger partial charge in [0.2, 0.25) is 0 Å². The third-order valence-corrected chi connectivity index (χ3v) is 4.27. The maximum atomic E-state index is 3.72. The van der Waals surface area contributed by atoms with Crippen molar-refractivity contribution >= 4 is 11.8 Å². The van der Waals surface area contributed by atoms with Crippen molar-refractivity contribution in [1.29, 1.82) is 0 Å². The van der Waals surface area contributed by atoms with Gasteiger partial charge >= 0.3 is 0 Å². The largest absolute Gasteiger partial charge is 0.314 e. The van der Waals surface area contributed by atoms with Gasteiger partial charge in [-0.05, 0) is 56.6 Å². The molecule has 2 unspecified atom stereocenters. The van der Waals surface area contributed by atoms with Crippen molar-refractivity contribution < 1.29 is 0 Å². The van der Waals surface area contributed by atoms with E-state index in [-0.39, 0.29) is 0 Å². The molecule has 1 aliphatic rings. The summed E-state index contributed by atoms with van der Waals surface area (Å²) in [5, 5.41) is 3.72. The molecule has 0 aromatic rings. The minimum absolute atomic E-state index is 0.843. The summed E-state index contributed by atoms with van der Waals surface area (Å²) in [6.45, 7) is 3.57. The Morgan fingerprint density at radius 3 is 2.73 bits per heavy atom.